The van der Waals surface area contributed by atoms with Gasteiger partial charge < -0.3 is 10.3 Å². The predicted octanol–water partition coefficient (Wildman–Crippen LogP) is 4.36. The van der Waals surface area contributed by atoms with Crippen LogP contribution in [0.5, 0.6) is 0 Å². The molecule has 1 fully saturated rings. The molecule has 4 nitrogen and oxygen atoms in total. The third-order valence-corrected chi connectivity index (χ3v) is 6.46. The Balaban J connectivity index is 1.74. The Morgan fingerprint density at radius 1 is 1.20 bits per heavy atom. The molecule has 4 rings (SSSR count). The first kappa shape index (κ1) is 16.3. The first-order valence-electron chi connectivity index (χ1n) is 8.90. The fourth-order valence-corrected chi connectivity index (χ4v) is 4.88. The SMILES string of the molecule is Cc1ccc2[nH]c(=O)c3cc(C(=O)N[C@H]4CCCC[C@H]4C)sc3c2c1. The number of thiophene rings is 1. The van der Waals surface area contributed by atoms with Gasteiger partial charge in [0, 0.05) is 21.6 Å². The van der Waals surface area contributed by atoms with Gasteiger partial charge in [-0.05, 0) is 43.9 Å². The van der Waals surface area contributed by atoms with Crippen LogP contribution in [0.15, 0.2) is 29.1 Å². The Morgan fingerprint density at radius 2 is 2.00 bits per heavy atom. The smallest absolute Gasteiger partial charge is 0.261 e. The summed E-state index contributed by atoms with van der Waals surface area (Å²) in [7, 11) is 0. The third kappa shape index (κ3) is 2.97. The molecule has 0 bridgehead atoms. The molecule has 0 saturated heterocycles. The zero-order chi connectivity index (χ0) is 17.6. The average Bonchev–Trinajstić information content (AvgIpc) is 3.04. The molecule has 130 valence electrons. The topological polar surface area (TPSA) is 62.0 Å². The van der Waals surface area contributed by atoms with Crippen LogP contribution in [0.1, 0.15) is 47.8 Å². The quantitative estimate of drug-likeness (QED) is 0.718. The molecule has 25 heavy (non-hydrogen) atoms. The number of H-pyrrole nitrogens is 1. The summed E-state index contributed by atoms with van der Waals surface area (Å²) in [6.07, 6.45) is 4.63. The second kappa shape index (κ2) is 6.30. The molecule has 1 aromatic carbocycles. The molecule has 2 N–H and O–H groups in total. The van der Waals surface area contributed by atoms with Crippen LogP contribution in [0, 0.1) is 12.8 Å². The first-order valence-corrected chi connectivity index (χ1v) is 9.71. The number of aromatic amines is 1. The van der Waals surface area contributed by atoms with E-state index in [1.807, 2.05) is 19.1 Å². The number of carbonyl (C=O) groups is 1. The van der Waals surface area contributed by atoms with Crippen LogP contribution in [0.3, 0.4) is 0 Å². The summed E-state index contributed by atoms with van der Waals surface area (Å²) in [5.74, 6) is 0.458. The molecule has 0 aliphatic heterocycles. The first-order chi connectivity index (χ1) is 12.0. The summed E-state index contributed by atoms with van der Waals surface area (Å²) in [6, 6.07) is 7.95. The monoisotopic (exact) mass is 354 g/mol. The minimum absolute atomic E-state index is 0.0554. The maximum atomic E-state index is 12.7. The molecule has 2 atom stereocenters. The summed E-state index contributed by atoms with van der Waals surface area (Å²) in [5, 5.41) is 4.79. The van der Waals surface area contributed by atoms with Crippen molar-refractivity contribution in [2.45, 2.75) is 45.6 Å². The Labute approximate surface area is 150 Å². The van der Waals surface area contributed by atoms with Crippen LogP contribution < -0.4 is 10.9 Å². The number of hydrogen-bond donors (Lipinski definition) is 2. The maximum absolute atomic E-state index is 12.7. The van der Waals surface area contributed by atoms with Crippen molar-refractivity contribution in [1.29, 1.82) is 0 Å². The van der Waals surface area contributed by atoms with E-state index in [2.05, 4.69) is 23.3 Å². The lowest BCUT2D eigenvalue weighted by Crippen LogP contribution is -2.40. The molecule has 1 aliphatic carbocycles. The van der Waals surface area contributed by atoms with Crippen molar-refractivity contribution in [2.75, 3.05) is 0 Å². The van der Waals surface area contributed by atoms with Crippen molar-refractivity contribution < 1.29 is 4.79 Å². The molecule has 0 radical (unpaired) electrons. The highest BCUT2D eigenvalue weighted by molar-refractivity contribution is 7.21. The van der Waals surface area contributed by atoms with Crippen molar-refractivity contribution in [2.24, 2.45) is 5.92 Å². The van der Waals surface area contributed by atoms with Crippen LogP contribution in [0.4, 0.5) is 0 Å². The highest BCUT2D eigenvalue weighted by Gasteiger charge is 2.24. The Hall–Kier alpha value is -2.14. The largest absolute Gasteiger partial charge is 0.348 e. The minimum atomic E-state index is -0.132. The summed E-state index contributed by atoms with van der Waals surface area (Å²) in [5.41, 5.74) is 1.82. The molecular weight excluding hydrogens is 332 g/mol. The summed E-state index contributed by atoms with van der Waals surface area (Å²) in [4.78, 5) is 28.6. The third-order valence-electron chi connectivity index (χ3n) is 5.30. The van der Waals surface area contributed by atoms with E-state index in [0.29, 0.717) is 16.2 Å². The van der Waals surface area contributed by atoms with Crippen LogP contribution in [-0.4, -0.2) is 16.9 Å². The fraction of sp³-hybridized carbons (Fsp3) is 0.400. The predicted molar refractivity (Wildman–Crippen MR) is 104 cm³/mol. The number of nitrogens with one attached hydrogen (secondary N) is 2. The zero-order valence-corrected chi connectivity index (χ0v) is 15.3. The van der Waals surface area contributed by atoms with Gasteiger partial charge in [0.15, 0.2) is 0 Å². The van der Waals surface area contributed by atoms with Gasteiger partial charge in [0.2, 0.25) is 0 Å². The van der Waals surface area contributed by atoms with Gasteiger partial charge in [0.1, 0.15) is 0 Å². The van der Waals surface area contributed by atoms with E-state index in [1.54, 1.807) is 6.07 Å². The molecule has 1 aliphatic rings. The number of benzene rings is 1. The summed E-state index contributed by atoms with van der Waals surface area (Å²) < 4.78 is 0.893. The fourth-order valence-electron chi connectivity index (χ4n) is 3.79. The van der Waals surface area contributed by atoms with Gasteiger partial charge in [-0.15, -0.1) is 11.3 Å². The lowest BCUT2D eigenvalue weighted by molar-refractivity contribution is 0.0914. The number of pyridine rings is 1. The Morgan fingerprint density at radius 3 is 2.80 bits per heavy atom. The molecular formula is C20H22N2O2S. The van der Waals surface area contributed by atoms with Crippen molar-refractivity contribution in [3.8, 4) is 0 Å². The molecule has 2 heterocycles. The van der Waals surface area contributed by atoms with E-state index < -0.39 is 0 Å². The highest BCUT2D eigenvalue weighted by atomic mass is 32.1. The number of amides is 1. The van der Waals surface area contributed by atoms with Crippen molar-refractivity contribution in [3.05, 3.63) is 45.1 Å². The van der Waals surface area contributed by atoms with Gasteiger partial charge in [-0.3, -0.25) is 9.59 Å². The van der Waals surface area contributed by atoms with Crippen molar-refractivity contribution in [3.63, 3.8) is 0 Å². The van der Waals surface area contributed by atoms with Crippen LogP contribution in [0.2, 0.25) is 0 Å². The minimum Gasteiger partial charge on any atom is -0.348 e. The van der Waals surface area contributed by atoms with E-state index in [4.69, 9.17) is 0 Å². The highest BCUT2D eigenvalue weighted by Crippen LogP contribution is 2.31. The summed E-state index contributed by atoms with van der Waals surface area (Å²) in [6.45, 7) is 4.23. The van der Waals surface area contributed by atoms with Gasteiger partial charge in [-0.25, -0.2) is 0 Å². The van der Waals surface area contributed by atoms with Crippen LogP contribution >= 0.6 is 11.3 Å². The van der Waals surface area contributed by atoms with E-state index in [9.17, 15) is 9.59 Å². The Bertz CT molecular complexity index is 1020. The second-order valence-corrected chi connectivity index (χ2v) is 8.25. The van der Waals surface area contributed by atoms with Crippen LogP contribution in [-0.2, 0) is 0 Å². The lowest BCUT2D eigenvalue weighted by atomic mass is 9.86. The second-order valence-electron chi connectivity index (χ2n) is 7.20. The molecule has 1 saturated carbocycles. The average molecular weight is 354 g/mol. The lowest BCUT2D eigenvalue weighted by Gasteiger charge is -2.29. The zero-order valence-electron chi connectivity index (χ0n) is 14.5. The molecule has 3 aromatic rings. The van der Waals surface area contributed by atoms with Gasteiger partial charge in [-0.2, -0.15) is 0 Å². The summed E-state index contributed by atoms with van der Waals surface area (Å²) >= 11 is 1.42. The van der Waals surface area contributed by atoms with Gasteiger partial charge in [0.25, 0.3) is 11.5 Å². The van der Waals surface area contributed by atoms with Crippen LogP contribution in [0.25, 0.3) is 21.0 Å². The van der Waals surface area contributed by atoms with E-state index in [1.165, 1.54) is 30.6 Å². The number of carbonyl (C=O) groups excluding carboxylic acids is 1. The number of rotatable bonds is 2. The molecule has 2 aromatic heterocycles. The van der Waals surface area contributed by atoms with Gasteiger partial charge in [0.05, 0.1) is 10.3 Å². The number of hydrogen-bond acceptors (Lipinski definition) is 3. The van der Waals surface area contributed by atoms with Crippen molar-refractivity contribution >= 4 is 38.2 Å². The normalized spacial score (nSPS) is 20.9. The van der Waals surface area contributed by atoms with E-state index >= 15 is 0 Å². The van der Waals surface area contributed by atoms with Crippen molar-refractivity contribution in [1.82, 2.24) is 10.3 Å². The molecule has 1 amide bonds. The van der Waals surface area contributed by atoms with Gasteiger partial charge >= 0.3 is 0 Å². The standard InChI is InChI=1S/C20H22N2O2S/c1-11-7-8-16-13(9-11)18-14(19(23)22-16)10-17(25-18)20(24)21-15-6-4-3-5-12(15)2/h7-10,12,15H,3-6H2,1-2H3,(H,21,24)(H,22,23)/t12-,15+/m1/s1. The maximum Gasteiger partial charge on any atom is 0.261 e. The molecule has 0 unspecified atom stereocenters. The Kier molecular flexibility index (Phi) is 4.12. The number of aryl methyl sites for hydroxylation is 1. The van der Waals surface area contributed by atoms with E-state index in [-0.39, 0.29) is 17.5 Å². The molecule has 5 heteroatoms. The van der Waals surface area contributed by atoms with Gasteiger partial charge in [-0.1, -0.05) is 31.4 Å². The molecule has 0 spiro atoms. The number of aromatic nitrogens is 1. The number of fused-ring (bicyclic) bond motifs is 3. The van der Waals surface area contributed by atoms with E-state index in [0.717, 1.165) is 27.6 Å².